The highest BCUT2D eigenvalue weighted by Crippen LogP contribution is 2.25. The van der Waals surface area contributed by atoms with Gasteiger partial charge in [0.1, 0.15) is 18.2 Å². The quantitative estimate of drug-likeness (QED) is 0.819. The molecule has 136 valence electrons. The van der Waals surface area contributed by atoms with Crippen molar-refractivity contribution >= 4 is 21.6 Å². The van der Waals surface area contributed by atoms with E-state index in [1.54, 1.807) is 11.8 Å². The summed E-state index contributed by atoms with van der Waals surface area (Å²) in [7, 11) is -2.24. The van der Waals surface area contributed by atoms with Crippen LogP contribution in [0.4, 0.5) is 4.39 Å². The standard InChI is InChI=1S/C15H18ClFN4O3S/c1-24-8-14-18-15-13(3-2-6-21(15)19-14)20-25(22,23)9-10-7-11(16)4-5-12(10)17/h4-5,7,13,20H,2-3,6,8-9H2,1H3/t13-/m0/s1. The first-order chi connectivity index (χ1) is 11.9. The van der Waals surface area contributed by atoms with Crippen molar-refractivity contribution in [2.24, 2.45) is 0 Å². The van der Waals surface area contributed by atoms with Crippen LogP contribution < -0.4 is 4.72 Å². The van der Waals surface area contributed by atoms with Gasteiger partial charge in [-0.3, -0.25) is 0 Å². The van der Waals surface area contributed by atoms with Crippen LogP contribution in [0.2, 0.25) is 5.02 Å². The summed E-state index contributed by atoms with van der Waals surface area (Å²) < 4.78 is 48.1. The Labute approximate surface area is 150 Å². The number of hydrogen-bond acceptors (Lipinski definition) is 5. The van der Waals surface area contributed by atoms with Gasteiger partial charge in [-0.15, -0.1) is 0 Å². The molecule has 25 heavy (non-hydrogen) atoms. The minimum atomic E-state index is -3.78. The van der Waals surface area contributed by atoms with Crippen molar-refractivity contribution in [3.8, 4) is 0 Å². The predicted octanol–water partition coefficient (Wildman–Crippen LogP) is 2.17. The van der Waals surface area contributed by atoms with Crippen LogP contribution in [0.5, 0.6) is 0 Å². The number of methoxy groups -OCH3 is 1. The van der Waals surface area contributed by atoms with E-state index in [4.69, 9.17) is 16.3 Å². The van der Waals surface area contributed by atoms with Gasteiger partial charge in [-0.1, -0.05) is 11.6 Å². The lowest BCUT2D eigenvalue weighted by Crippen LogP contribution is -2.34. The van der Waals surface area contributed by atoms with Crippen molar-refractivity contribution in [1.29, 1.82) is 0 Å². The van der Waals surface area contributed by atoms with Crippen molar-refractivity contribution in [2.75, 3.05) is 7.11 Å². The molecule has 0 fully saturated rings. The van der Waals surface area contributed by atoms with Gasteiger partial charge in [0.05, 0.1) is 11.8 Å². The number of nitrogens with one attached hydrogen (secondary N) is 1. The summed E-state index contributed by atoms with van der Waals surface area (Å²) in [6, 6.07) is 3.35. The Hall–Kier alpha value is -1.55. The molecule has 1 N–H and O–H groups in total. The van der Waals surface area contributed by atoms with Crippen molar-refractivity contribution in [3.63, 3.8) is 0 Å². The maximum Gasteiger partial charge on any atom is 0.216 e. The molecular formula is C15H18ClFN4O3S. The minimum Gasteiger partial charge on any atom is -0.377 e. The number of aromatic nitrogens is 3. The Morgan fingerprint density at radius 2 is 2.28 bits per heavy atom. The molecule has 0 saturated carbocycles. The van der Waals surface area contributed by atoms with Gasteiger partial charge in [-0.25, -0.2) is 27.2 Å². The molecular weight excluding hydrogens is 371 g/mol. The first-order valence-electron chi connectivity index (χ1n) is 7.74. The van der Waals surface area contributed by atoms with E-state index in [2.05, 4.69) is 14.8 Å². The number of aryl methyl sites for hydroxylation is 1. The molecule has 1 aromatic carbocycles. The summed E-state index contributed by atoms with van der Waals surface area (Å²) in [4.78, 5) is 4.35. The van der Waals surface area contributed by atoms with E-state index in [-0.39, 0.29) is 17.2 Å². The number of hydrogen-bond donors (Lipinski definition) is 1. The van der Waals surface area contributed by atoms with E-state index in [1.165, 1.54) is 12.1 Å². The van der Waals surface area contributed by atoms with Gasteiger partial charge >= 0.3 is 0 Å². The number of benzene rings is 1. The average Bonchev–Trinajstić information content (AvgIpc) is 2.94. The summed E-state index contributed by atoms with van der Waals surface area (Å²) >= 11 is 5.82. The molecule has 3 rings (SSSR count). The normalized spacial score (nSPS) is 17.5. The fraction of sp³-hybridized carbons (Fsp3) is 0.467. The molecule has 0 aliphatic carbocycles. The molecule has 0 amide bonds. The number of fused-ring (bicyclic) bond motifs is 1. The third-order valence-electron chi connectivity index (χ3n) is 3.87. The molecule has 1 aromatic heterocycles. The lowest BCUT2D eigenvalue weighted by Gasteiger charge is -2.23. The van der Waals surface area contributed by atoms with Crippen molar-refractivity contribution in [2.45, 2.75) is 37.8 Å². The number of ether oxygens (including phenoxy) is 1. The maximum absolute atomic E-state index is 13.8. The molecule has 1 aliphatic heterocycles. The summed E-state index contributed by atoms with van der Waals surface area (Å²) in [5.74, 6) is -0.0449. The Balaban J connectivity index is 1.79. The fourth-order valence-corrected chi connectivity index (χ4v) is 4.38. The Kier molecular flexibility index (Phi) is 5.38. The monoisotopic (exact) mass is 388 g/mol. The average molecular weight is 389 g/mol. The smallest absolute Gasteiger partial charge is 0.216 e. The largest absolute Gasteiger partial charge is 0.377 e. The summed E-state index contributed by atoms with van der Waals surface area (Å²) in [6.45, 7) is 0.931. The lowest BCUT2D eigenvalue weighted by molar-refractivity contribution is 0.177. The first kappa shape index (κ1) is 18.2. The van der Waals surface area contributed by atoms with Gasteiger partial charge in [-0.05, 0) is 31.0 Å². The lowest BCUT2D eigenvalue weighted by atomic mass is 10.1. The van der Waals surface area contributed by atoms with E-state index in [0.29, 0.717) is 24.6 Å². The number of nitrogens with zero attached hydrogens (tertiary/aromatic N) is 3. The van der Waals surface area contributed by atoms with Crippen molar-refractivity contribution in [3.05, 3.63) is 46.3 Å². The predicted molar refractivity (Wildman–Crippen MR) is 89.9 cm³/mol. The maximum atomic E-state index is 13.8. The van der Waals surface area contributed by atoms with Crippen LogP contribution in [0, 0.1) is 5.82 Å². The zero-order valence-electron chi connectivity index (χ0n) is 13.6. The van der Waals surface area contributed by atoms with Crippen LogP contribution in [-0.2, 0) is 33.7 Å². The zero-order chi connectivity index (χ0) is 18.0. The van der Waals surface area contributed by atoms with Crippen LogP contribution in [0.15, 0.2) is 18.2 Å². The second-order valence-electron chi connectivity index (χ2n) is 5.85. The number of sulfonamides is 1. The molecule has 1 atom stereocenters. The highest BCUT2D eigenvalue weighted by molar-refractivity contribution is 7.88. The second-order valence-corrected chi connectivity index (χ2v) is 8.04. The molecule has 0 radical (unpaired) electrons. The Morgan fingerprint density at radius 1 is 1.48 bits per heavy atom. The van der Waals surface area contributed by atoms with Crippen molar-refractivity contribution in [1.82, 2.24) is 19.5 Å². The fourth-order valence-electron chi connectivity index (χ4n) is 2.82. The van der Waals surface area contributed by atoms with Gasteiger partial charge in [0.2, 0.25) is 10.0 Å². The third kappa shape index (κ3) is 4.35. The molecule has 0 bridgehead atoms. The number of halogens is 2. The van der Waals surface area contributed by atoms with Crippen LogP contribution >= 0.6 is 11.6 Å². The van der Waals surface area contributed by atoms with Gasteiger partial charge in [-0.2, -0.15) is 5.10 Å². The van der Waals surface area contributed by atoms with Crippen LogP contribution in [0.3, 0.4) is 0 Å². The molecule has 1 aliphatic rings. The van der Waals surface area contributed by atoms with Gasteiger partial charge in [0.15, 0.2) is 5.82 Å². The molecule has 7 nitrogen and oxygen atoms in total. The van der Waals surface area contributed by atoms with Crippen LogP contribution in [0.1, 0.15) is 36.1 Å². The van der Waals surface area contributed by atoms with E-state index in [1.807, 2.05) is 0 Å². The molecule has 2 heterocycles. The molecule has 2 aromatic rings. The summed E-state index contributed by atoms with van der Waals surface area (Å²) in [6.07, 6.45) is 1.36. The van der Waals surface area contributed by atoms with E-state index < -0.39 is 27.6 Å². The summed E-state index contributed by atoms with van der Waals surface area (Å²) in [5.41, 5.74) is 0.0253. The minimum absolute atomic E-state index is 0.0253. The van der Waals surface area contributed by atoms with Gasteiger partial charge in [0.25, 0.3) is 0 Å². The molecule has 0 unspecified atom stereocenters. The third-order valence-corrected chi connectivity index (χ3v) is 5.44. The number of rotatable bonds is 6. The summed E-state index contributed by atoms with van der Waals surface area (Å²) in [5, 5.41) is 4.58. The highest BCUT2D eigenvalue weighted by atomic mass is 35.5. The van der Waals surface area contributed by atoms with Gasteiger partial charge in [0, 0.05) is 24.2 Å². The Bertz CT molecular complexity index is 872. The zero-order valence-corrected chi connectivity index (χ0v) is 15.1. The SMILES string of the molecule is COCc1nc2n(n1)CCC[C@@H]2NS(=O)(=O)Cc1cc(Cl)ccc1F. The van der Waals surface area contributed by atoms with E-state index >= 15 is 0 Å². The van der Waals surface area contributed by atoms with E-state index in [0.717, 1.165) is 12.5 Å². The molecule has 0 spiro atoms. The van der Waals surface area contributed by atoms with Gasteiger partial charge < -0.3 is 4.74 Å². The molecule has 0 saturated heterocycles. The van der Waals surface area contributed by atoms with E-state index in [9.17, 15) is 12.8 Å². The van der Waals surface area contributed by atoms with Crippen molar-refractivity contribution < 1.29 is 17.5 Å². The highest BCUT2D eigenvalue weighted by Gasteiger charge is 2.28. The first-order valence-corrected chi connectivity index (χ1v) is 9.77. The molecule has 10 heteroatoms. The second kappa shape index (κ2) is 7.36. The van der Waals surface area contributed by atoms with Crippen LogP contribution in [0.25, 0.3) is 0 Å². The van der Waals surface area contributed by atoms with Crippen LogP contribution in [-0.4, -0.2) is 30.3 Å². The topological polar surface area (TPSA) is 86.1 Å². The Morgan fingerprint density at radius 3 is 3.04 bits per heavy atom.